The van der Waals surface area contributed by atoms with Gasteiger partial charge in [0, 0.05) is 6.54 Å². The van der Waals surface area contributed by atoms with Crippen LogP contribution in [-0.2, 0) is 0 Å². The molecule has 0 saturated carbocycles. The SMILES string of the molecule is CC(C)CC(C)(C)CNC(=O)c1ccc(C(=O)O)o1. The van der Waals surface area contributed by atoms with Gasteiger partial charge in [0.1, 0.15) is 0 Å². The topological polar surface area (TPSA) is 79.5 Å². The van der Waals surface area contributed by atoms with Crippen LogP contribution in [0.3, 0.4) is 0 Å². The molecule has 0 aliphatic heterocycles. The maximum Gasteiger partial charge on any atom is 0.371 e. The number of hydrogen-bond acceptors (Lipinski definition) is 3. The molecule has 5 nitrogen and oxygen atoms in total. The molecule has 0 aliphatic carbocycles. The molecule has 1 aromatic heterocycles. The van der Waals surface area contributed by atoms with E-state index in [-0.39, 0.29) is 22.8 Å². The third kappa shape index (κ3) is 4.77. The molecule has 5 heteroatoms. The van der Waals surface area contributed by atoms with Crippen LogP contribution in [0.4, 0.5) is 0 Å². The summed E-state index contributed by atoms with van der Waals surface area (Å²) in [6, 6.07) is 2.64. The molecule has 0 fully saturated rings. The summed E-state index contributed by atoms with van der Waals surface area (Å²) in [5.41, 5.74) is -0.00789. The smallest absolute Gasteiger partial charge is 0.371 e. The molecule has 0 aromatic carbocycles. The first-order valence-corrected chi connectivity index (χ1v) is 6.32. The van der Waals surface area contributed by atoms with Crippen molar-refractivity contribution in [2.45, 2.75) is 34.1 Å². The van der Waals surface area contributed by atoms with Gasteiger partial charge in [0.15, 0.2) is 5.76 Å². The van der Waals surface area contributed by atoms with E-state index < -0.39 is 5.97 Å². The maximum atomic E-state index is 11.8. The van der Waals surface area contributed by atoms with E-state index in [2.05, 4.69) is 33.0 Å². The zero-order valence-electron chi connectivity index (χ0n) is 11.8. The molecule has 0 aliphatic rings. The Morgan fingerprint density at radius 1 is 1.32 bits per heavy atom. The summed E-state index contributed by atoms with van der Waals surface area (Å²) >= 11 is 0. The Morgan fingerprint density at radius 2 is 1.89 bits per heavy atom. The average Bonchev–Trinajstić information content (AvgIpc) is 2.73. The second-order valence-corrected chi connectivity index (χ2v) is 5.91. The highest BCUT2D eigenvalue weighted by Crippen LogP contribution is 2.24. The quantitative estimate of drug-likeness (QED) is 0.830. The first-order chi connectivity index (χ1) is 8.71. The average molecular weight is 267 g/mol. The summed E-state index contributed by atoms with van der Waals surface area (Å²) in [4.78, 5) is 22.5. The van der Waals surface area contributed by atoms with Gasteiger partial charge in [-0.3, -0.25) is 4.79 Å². The van der Waals surface area contributed by atoms with Gasteiger partial charge >= 0.3 is 5.97 Å². The minimum atomic E-state index is -1.18. The number of carbonyl (C=O) groups is 2. The second-order valence-electron chi connectivity index (χ2n) is 5.91. The molecule has 0 unspecified atom stereocenters. The molecular weight excluding hydrogens is 246 g/mol. The molecule has 1 rings (SSSR count). The van der Waals surface area contributed by atoms with Gasteiger partial charge in [-0.2, -0.15) is 0 Å². The normalized spacial score (nSPS) is 11.6. The number of amides is 1. The van der Waals surface area contributed by atoms with Crippen molar-refractivity contribution < 1.29 is 19.1 Å². The van der Waals surface area contributed by atoms with Crippen molar-refractivity contribution in [2.24, 2.45) is 11.3 Å². The zero-order valence-corrected chi connectivity index (χ0v) is 11.8. The van der Waals surface area contributed by atoms with Gasteiger partial charge in [-0.1, -0.05) is 27.7 Å². The highest BCUT2D eigenvalue weighted by atomic mass is 16.4. The van der Waals surface area contributed by atoms with Crippen molar-refractivity contribution >= 4 is 11.9 Å². The largest absolute Gasteiger partial charge is 0.475 e. The van der Waals surface area contributed by atoms with Gasteiger partial charge in [0.2, 0.25) is 5.76 Å². The van der Waals surface area contributed by atoms with Gasteiger partial charge < -0.3 is 14.8 Å². The second kappa shape index (κ2) is 5.91. The number of carboxylic acids is 1. The number of carbonyl (C=O) groups excluding carboxylic acids is 1. The molecule has 0 radical (unpaired) electrons. The monoisotopic (exact) mass is 267 g/mol. The van der Waals surface area contributed by atoms with Crippen molar-refractivity contribution in [3.05, 3.63) is 23.7 Å². The van der Waals surface area contributed by atoms with Crippen molar-refractivity contribution in [1.29, 1.82) is 0 Å². The molecule has 0 bridgehead atoms. The lowest BCUT2D eigenvalue weighted by atomic mass is 9.84. The molecule has 1 heterocycles. The van der Waals surface area contributed by atoms with Gasteiger partial charge in [-0.05, 0) is 29.9 Å². The summed E-state index contributed by atoms with van der Waals surface area (Å²) in [5.74, 6) is -1.22. The van der Waals surface area contributed by atoms with Crippen LogP contribution < -0.4 is 5.32 Å². The molecule has 1 amide bonds. The molecular formula is C14H21NO4. The standard InChI is InChI=1S/C14H21NO4/c1-9(2)7-14(3,4)8-15-12(16)10-5-6-11(19-10)13(17)18/h5-6,9H,7-8H2,1-4H3,(H,15,16)(H,17,18). The van der Waals surface area contributed by atoms with Crippen molar-refractivity contribution in [3.8, 4) is 0 Å². The fourth-order valence-corrected chi connectivity index (χ4v) is 2.16. The number of hydrogen-bond donors (Lipinski definition) is 2. The van der Waals surface area contributed by atoms with Gasteiger partial charge in [0.25, 0.3) is 5.91 Å². The lowest BCUT2D eigenvalue weighted by molar-refractivity contribution is 0.0659. The van der Waals surface area contributed by atoms with Gasteiger partial charge in [-0.25, -0.2) is 4.79 Å². The number of aromatic carboxylic acids is 1. The minimum absolute atomic E-state index is 0.00789. The van der Waals surface area contributed by atoms with E-state index in [0.717, 1.165) is 6.42 Å². The van der Waals surface area contributed by atoms with Crippen LogP contribution in [-0.4, -0.2) is 23.5 Å². The Balaban J connectivity index is 2.57. The first-order valence-electron chi connectivity index (χ1n) is 6.32. The molecule has 1 aromatic rings. The van der Waals surface area contributed by atoms with E-state index in [0.29, 0.717) is 12.5 Å². The van der Waals surface area contributed by atoms with Crippen LogP contribution in [0.5, 0.6) is 0 Å². The predicted octanol–water partition coefficient (Wildman–Crippen LogP) is 2.78. The number of nitrogens with one attached hydrogen (secondary N) is 1. The Labute approximate surface area is 113 Å². The van der Waals surface area contributed by atoms with Crippen LogP contribution in [0, 0.1) is 11.3 Å². The predicted molar refractivity (Wildman–Crippen MR) is 71.2 cm³/mol. The van der Waals surface area contributed by atoms with Gasteiger partial charge in [0.05, 0.1) is 0 Å². The van der Waals surface area contributed by atoms with E-state index >= 15 is 0 Å². The first kappa shape index (κ1) is 15.3. The number of carboxylic acid groups (broad SMARTS) is 1. The third-order valence-corrected chi connectivity index (χ3v) is 2.73. The van der Waals surface area contributed by atoms with Crippen LogP contribution >= 0.6 is 0 Å². The highest BCUT2D eigenvalue weighted by Gasteiger charge is 2.22. The number of rotatable bonds is 6. The van der Waals surface area contributed by atoms with E-state index in [1.165, 1.54) is 12.1 Å². The van der Waals surface area contributed by atoms with Gasteiger partial charge in [-0.15, -0.1) is 0 Å². The van der Waals surface area contributed by atoms with Crippen LogP contribution in [0.15, 0.2) is 16.5 Å². The van der Waals surface area contributed by atoms with Crippen molar-refractivity contribution in [3.63, 3.8) is 0 Å². The van der Waals surface area contributed by atoms with E-state index in [1.54, 1.807) is 0 Å². The van der Waals surface area contributed by atoms with E-state index in [4.69, 9.17) is 9.52 Å². The minimum Gasteiger partial charge on any atom is -0.475 e. The summed E-state index contributed by atoms with van der Waals surface area (Å²) in [5, 5.41) is 11.5. The Kier molecular flexibility index (Phi) is 4.75. The third-order valence-electron chi connectivity index (χ3n) is 2.73. The Bertz CT molecular complexity index is 460. The molecule has 2 N–H and O–H groups in total. The van der Waals surface area contributed by atoms with Crippen molar-refractivity contribution in [2.75, 3.05) is 6.54 Å². The van der Waals surface area contributed by atoms with Crippen LogP contribution in [0.25, 0.3) is 0 Å². The molecule has 106 valence electrons. The summed E-state index contributed by atoms with van der Waals surface area (Å²) in [6.07, 6.45) is 0.992. The lowest BCUT2D eigenvalue weighted by Crippen LogP contribution is -2.34. The van der Waals surface area contributed by atoms with E-state index in [9.17, 15) is 9.59 Å². The fraction of sp³-hybridized carbons (Fsp3) is 0.571. The molecule has 0 spiro atoms. The number of furan rings is 1. The maximum absolute atomic E-state index is 11.8. The van der Waals surface area contributed by atoms with Crippen LogP contribution in [0.1, 0.15) is 55.2 Å². The summed E-state index contributed by atoms with van der Waals surface area (Å²) < 4.78 is 4.94. The lowest BCUT2D eigenvalue weighted by Gasteiger charge is -2.26. The van der Waals surface area contributed by atoms with E-state index in [1.807, 2.05) is 0 Å². The molecule has 19 heavy (non-hydrogen) atoms. The Morgan fingerprint density at radius 3 is 2.37 bits per heavy atom. The summed E-state index contributed by atoms with van der Waals surface area (Å²) in [6.45, 7) is 8.95. The molecule has 0 atom stereocenters. The fourth-order valence-electron chi connectivity index (χ4n) is 2.16. The Hall–Kier alpha value is -1.78. The van der Waals surface area contributed by atoms with Crippen LogP contribution in [0.2, 0.25) is 0 Å². The van der Waals surface area contributed by atoms with Crippen molar-refractivity contribution in [1.82, 2.24) is 5.32 Å². The summed E-state index contributed by atoms with van der Waals surface area (Å²) in [7, 11) is 0. The highest BCUT2D eigenvalue weighted by molar-refractivity contribution is 5.93. The zero-order chi connectivity index (χ0) is 14.6. The molecule has 0 saturated heterocycles.